The van der Waals surface area contributed by atoms with Crippen LogP contribution in [0.15, 0.2) is 54.6 Å². The molecule has 0 radical (unpaired) electrons. The molecule has 0 aliphatic rings. The Morgan fingerprint density at radius 1 is 1.11 bits per heavy atom. The summed E-state index contributed by atoms with van der Waals surface area (Å²) < 4.78 is 5.79. The van der Waals surface area contributed by atoms with Crippen LogP contribution < -0.4 is 5.32 Å². The fourth-order valence-electron chi connectivity index (χ4n) is 3.25. The van der Waals surface area contributed by atoms with E-state index in [0.29, 0.717) is 13.0 Å². The maximum absolute atomic E-state index is 12.4. The fourth-order valence-corrected chi connectivity index (χ4v) is 3.37. The zero-order valence-electron chi connectivity index (χ0n) is 17.2. The minimum atomic E-state index is -0.157. The van der Waals surface area contributed by atoms with Crippen LogP contribution in [0, 0.1) is 0 Å². The summed E-state index contributed by atoms with van der Waals surface area (Å²) >= 11 is 5.95. The molecule has 0 aromatic heterocycles. The Labute approximate surface area is 174 Å². The van der Waals surface area contributed by atoms with Crippen molar-refractivity contribution < 1.29 is 9.53 Å². The highest BCUT2D eigenvalue weighted by molar-refractivity contribution is 6.30. The molecule has 0 saturated carbocycles. The smallest absolute Gasteiger partial charge is 0.307 e. The summed E-state index contributed by atoms with van der Waals surface area (Å²) in [4.78, 5) is 12.4. The Morgan fingerprint density at radius 3 is 2.43 bits per heavy atom. The summed E-state index contributed by atoms with van der Waals surface area (Å²) in [5, 5.41) is 4.22. The molecule has 0 aliphatic heterocycles. The number of carbonyl (C=O) groups is 1. The van der Waals surface area contributed by atoms with Gasteiger partial charge in [0.2, 0.25) is 0 Å². The normalized spacial score (nSPS) is 12.6. The molecule has 1 atom stereocenters. The summed E-state index contributed by atoms with van der Waals surface area (Å²) in [7, 11) is 0. The van der Waals surface area contributed by atoms with Gasteiger partial charge in [-0.05, 0) is 56.4 Å². The molecule has 0 spiro atoms. The third-order valence-corrected chi connectivity index (χ3v) is 5.01. The average Bonchev–Trinajstić information content (AvgIpc) is 2.67. The number of hydrogen-bond donors (Lipinski definition) is 1. The van der Waals surface area contributed by atoms with E-state index >= 15 is 0 Å². The molecule has 2 aromatic rings. The first-order chi connectivity index (χ1) is 13.4. The number of esters is 1. The maximum Gasteiger partial charge on any atom is 0.307 e. The van der Waals surface area contributed by atoms with Gasteiger partial charge in [0, 0.05) is 17.1 Å². The second-order valence-corrected chi connectivity index (χ2v) is 8.33. The highest BCUT2D eigenvalue weighted by Crippen LogP contribution is 2.24. The molecule has 0 saturated heterocycles. The van der Waals surface area contributed by atoms with Gasteiger partial charge in [0.1, 0.15) is 6.10 Å². The van der Waals surface area contributed by atoms with E-state index in [2.05, 4.69) is 26.1 Å². The van der Waals surface area contributed by atoms with Crippen molar-refractivity contribution in [1.29, 1.82) is 0 Å². The molecule has 0 bridgehead atoms. The molecule has 28 heavy (non-hydrogen) atoms. The van der Waals surface area contributed by atoms with Gasteiger partial charge in [-0.15, -0.1) is 0 Å². The summed E-state index contributed by atoms with van der Waals surface area (Å²) in [5.74, 6) is -0.153. The quantitative estimate of drug-likeness (QED) is 0.461. The number of rotatable bonds is 11. The second kappa shape index (κ2) is 11.2. The number of carbonyl (C=O) groups excluding carboxylic acids is 1. The van der Waals surface area contributed by atoms with Gasteiger partial charge < -0.3 is 10.1 Å². The Bertz CT molecular complexity index is 713. The zero-order valence-corrected chi connectivity index (χ0v) is 18.0. The van der Waals surface area contributed by atoms with E-state index in [0.717, 1.165) is 36.3 Å². The van der Waals surface area contributed by atoms with Gasteiger partial charge in [-0.2, -0.15) is 0 Å². The van der Waals surface area contributed by atoms with Gasteiger partial charge in [-0.1, -0.05) is 67.4 Å². The van der Waals surface area contributed by atoms with Gasteiger partial charge in [0.25, 0.3) is 0 Å². The van der Waals surface area contributed by atoms with Crippen LogP contribution in [-0.4, -0.2) is 18.1 Å². The summed E-state index contributed by atoms with van der Waals surface area (Å²) in [6.07, 6.45) is 4.06. The molecule has 152 valence electrons. The van der Waals surface area contributed by atoms with Crippen molar-refractivity contribution in [1.82, 2.24) is 5.32 Å². The van der Waals surface area contributed by atoms with Crippen LogP contribution >= 0.6 is 11.6 Å². The molecule has 0 amide bonds. The number of benzene rings is 2. The minimum absolute atomic E-state index is 0.116. The van der Waals surface area contributed by atoms with E-state index in [-0.39, 0.29) is 17.6 Å². The molecular formula is C24H32ClNO2. The van der Waals surface area contributed by atoms with E-state index in [4.69, 9.17) is 16.3 Å². The number of ether oxygens (including phenoxy) is 1. The van der Waals surface area contributed by atoms with E-state index < -0.39 is 0 Å². The SMILES string of the molecule is CCCCC(OC(=O)CCNC(C)(C)Cc1ccc(Cl)cc1)c1ccccc1. The Morgan fingerprint density at radius 2 is 1.79 bits per heavy atom. The average molecular weight is 402 g/mol. The highest BCUT2D eigenvalue weighted by atomic mass is 35.5. The molecule has 3 nitrogen and oxygen atoms in total. The lowest BCUT2D eigenvalue weighted by Gasteiger charge is -2.27. The second-order valence-electron chi connectivity index (χ2n) is 7.90. The monoisotopic (exact) mass is 401 g/mol. The Balaban J connectivity index is 1.81. The number of hydrogen-bond acceptors (Lipinski definition) is 3. The molecule has 1 N–H and O–H groups in total. The van der Waals surface area contributed by atoms with Crippen LogP contribution in [0.1, 0.15) is 63.7 Å². The first kappa shape index (κ1) is 22.4. The van der Waals surface area contributed by atoms with Gasteiger partial charge >= 0.3 is 5.97 Å². The lowest BCUT2D eigenvalue weighted by molar-refractivity contribution is -0.149. The van der Waals surface area contributed by atoms with Crippen molar-refractivity contribution in [2.45, 2.75) is 64.5 Å². The summed E-state index contributed by atoms with van der Waals surface area (Å²) in [6, 6.07) is 17.9. The van der Waals surface area contributed by atoms with E-state index in [1.54, 1.807) is 0 Å². The van der Waals surface area contributed by atoms with Gasteiger partial charge in [-0.25, -0.2) is 0 Å². The molecule has 2 aromatic carbocycles. The van der Waals surface area contributed by atoms with Crippen LogP contribution in [0.4, 0.5) is 0 Å². The van der Waals surface area contributed by atoms with Crippen molar-refractivity contribution in [2.75, 3.05) is 6.54 Å². The van der Waals surface area contributed by atoms with Crippen molar-refractivity contribution in [2.24, 2.45) is 0 Å². The molecule has 0 fully saturated rings. The van der Waals surface area contributed by atoms with E-state index in [1.807, 2.05) is 54.6 Å². The maximum atomic E-state index is 12.4. The topological polar surface area (TPSA) is 38.3 Å². The van der Waals surface area contributed by atoms with Crippen LogP contribution in [0.25, 0.3) is 0 Å². The highest BCUT2D eigenvalue weighted by Gasteiger charge is 2.20. The Hall–Kier alpha value is -1.84. The number of halogens is 1. The predicted octanol–water partition coefficient (Wildman–Crippen LogP) is 6.12. The number of nitrogens with one attached hydrogen (secondary N) is 1. The predicted molar refractivity (Wildman–Crippen MR) is 117 cm³/mol. The van der Waals surface area contributed by atoms with Gasteiger partial charge in [0.05, 0.1) is 6.42 Å². The molecule has 2 rings (SSSR count). The molecule has 4 heteroatoms. The van der Waals surface area contributed by atoms with Crippen molar-refractivity contribution in [3.8, 4) is 0 Å². The summed E-state index contributed by atoms with van der Waals surface area (Å²) in [6.45, 7) is 7.02. The van der Waals surface area contributed by atoms with Crippen LogP contribution in [0.5, 0.6) is 0 Å². The summed E-state index contributed by atoms with van der Waals surface area (Å²) in [5.41, 5.74) is 2.17. The fraction of sp³-hybridized carbons (Fsp3) is 0.458. The van der Waals surface area contributed by atoms with Crippen molar-refractivity contribution in [3.05, 3.63) is 70.7 Å². The third-order valence-electron chi connectivity index (χ3n) is 4.76. The van der Waals surface area contributed by atoms with Crippen molar-refractivity contribution >= 4 is 17.6 Å². The van der Waals surface area contributed by atoms with Crippen molar-refractivity contribution in [3.63, 3.8) is 0 Å². The van der Waals surface area contributed by atoms with Crippen LogP contribution in [0.2, 0.25) is 5.02 Å². The molecule has 0 heterocycles. The third kappa shape index (κ3) is 8.04. The van der Waals surface area contributed by atoms with Gasteiger partial charge in [-0.3, -0.25) is 4.79 Å². The zero-order chi connectivity index (χ0) is 20.4. The van der Waals surface area contributed by atoms with Crippen LogP contribution in [-0.2, 0) is 16.0 Å². The van der Waals surface area contributed by atoms with Crippen LogP contribution in [0.3, 0.4) is 0 Å². The number of unbranched alkanes of at least 4 members (excludes halogenated alkanes) is 1. The first-order valence-corrected chi connectivity index (χ1v) is 10.5. The lowest BCUT2D eigenvalue weighted by Crippen LogP contribution is -2.42. The minimum Gasteiger partial charge on any atom is -0.457 e. The largest absolute Gasteiger partial charge is 0.457 e. The van der Waals surface area contributed by atoms with E-state index in [9.17, 15) is 4.79 Å². The Kier molecular flexibility index (Phi) is 9.01. The first-order valence-electron chi connectivity index (χ1n) is 10.1. The lowest BCUT2D eigenvalue weighted by atomic mass is 9.95. The van der Waals surface area contributed by atoms with E-state index in [1.165, 1.54) is 5.56 Å². The molecule has 1 unspecified atom stereocenters. The van der Waals surface area contributed by atoms with Gasteiger partial charge in [0.15, 0.2) is 0 Å². The molecule has 0 aliphatic carbocycles. The molecular weight excluding hydrogens is 370 g/mol. The standard InChI is InChI=1S/C24H32ClNO2/c1-4-5-11-22(20-9-7-6-8-10-20)28-23(27)16-17-26-24(2,3)18-19-12-14-21(25)15-13-19/h6-10,12-15,22,26H,4-5,11,16-18H2,1-3H3.